The molecule has 0 aromatic heterocycles. The van der Waals surface area contributed by atoms with Gasteiger partial charge in [-0.15, -0.1) is 0 Å². The molecule has 0 heterocycles. The van der Waals surface area contributed by atoms with Crippen LogP contribution in [0.5, 0.6) is 0 Å². The summed E-state index contributed by atoms with van der Waals surface area (Å²) in [7, 11) is -5.04. The number of ether oxygens (including phenoxy) is 2. The number of aliphatic hydroxyl groups excluding tert-OH is 5. The van der Waals surface area contributed by atoms with E-state index in [1.807, 2.05) is 0 Å². The molecular formula is C57H97O12P. The molecule has 0 spiro atoms. The summed E-state index contributed by atoms with van der Waals surface area (Å²) in [6.45, 7) is 4.08. The lowest BCUT2D eigenvalue weighted by Crippen LogP contribution is -2.64. The molecule has 0 aromatic rings. The fourth-order valence-corrected chi connectivity index (χ4v) is 8.66. The molecule has 1 saturated carbocycles. The summed E-state index contributed by atoms with van der Waals surface area (Å²) in [5.41, 5.74) is 0. The molecule has 6 N–H and O–H groups in total. The number of rotatable bonds is 45. The second kappa shape index (κ2) is 46.1. The molecule has 402 valence electrons. The highest BCUT2D eigenvalue weighted by Gasteiger charge is 2.51. The minimum Gasteiger partial charge on any atom is -0.457 e. The lowest BCUT2D eigenvalue weighted by molar-refractivity contribution is -0.220. The Balaban J connectivity index is 2.35. The van der Waals surface area contributed by atoms with Crippen LogP contribution in [0.25, 0.3) is 0 Å². The first-order valence-corrected chi connectivity index (χ1v) is 28.6. The number of unbranched alkanes of at least 4 members (excludes halogenated alkanes) is 17. The predicted octanol–water partition coefficient (Wildman–Crippen LogP) is 12.6. The zero-order valence-corrected chi connectivity index (χ0v) is 44.2. The molecule has 0 amide bonds. The monoisotopic (exact) mass is 1000 g/mol. The zero-order chi connectivity index (χ0) is 51.2. The number of hydrogen-bond acceptors (Lipinski definition) is 11. The summed E-state index contributed by atoms with van der Waals surface area (Å²) < 4.78 is 34.3. The maximum absolute atomic E-state index is 12.9. The highest BCUT2D eigenvalue weighted by atomic mass is 31.2. The van der Waals surface area contributed by atoms with Gasteiger partial charge >= 0.3 is 13.8 Å². The summed E-state index contributed by atoms with van der Waals surface area (Å²) in [6, 6.07) is 0. The molecule has 12 nitrogen and oxygen atoms in total. The third kappa shape index (κ3) is 37.1. The Kier molecular flexibility index (Phi) is 43.0. The van der Waals surface area contributed by atoms with Crippen LogP contribution in [0.1, 0.15) is 194 Å². The number of hydrogen-bond donors (Lipinski definition) is 6. The molecule has 6 unspecified atom stereocenters. The van der Waals surface area contributed by atoms with Crippen molar-refractivity contribution in [3.8, 4) is 0 Å². The van der Waals surface area contributed by atoms with Gasteiger partial charge in [-0.2, -0.15) is 0 Å². The van der Waals surface area contributed by atoms with Crippen LogP contribution in [0.2, 0.25) is 0 Å². The third-order valence-electron chi connectivity index (χ3n) is 11.9. The van der Waals surface area contributed by atoms with Crippen molar-refractivity contribution in [3.05, 3.63) is 97.2 Å². The zero-order valence-electron chi connectivity index (χ0n) is 43.3. The maximum atomic E-state index is 12.9. The van der Waals surface area contributed by atoms with Crippen molar-refractivity contribution in [1.29, 1.82) is 0 Å². The molecule has 6 atom stereocenters. The van der Waals surface area contributed by atoms with E-state index in [4.69, 9.17) is 18.5 Å². The molecule has 1 aliphatic carbocycles. The average molecular weight is 1010 g/mol. The highest BCUT2D eigenvalue weighted by molar-refractivity contribution is 7.47. The van der Waals surface area contributed by atoms with Gasteiger partial charge < -0.3 is 39.9 Å². The van der Waals surface area contributed by atoms with Gasteiger partial charge in [0.2, 0.25) is 0 Å². The molecule has 1 aliphatic rings. The minimum absolute atomic E-state index is 0.0977. The molecular weight excluding hydrogens is 908 g/mol. The molecule has 0 aromatic carbocycles. The van der Waals surface area contributed by atoms with E-state index >= 15 is 0 Å². The number of carbonyl (C=O) groups excluding carboxylic acids is 1. The smallest absolute Gasteiger partial charge is 0.457 e. The van der Waals surface area contributed by atoms with Gasteiger partial charge in [0.05, 0.1) is 13.2 Å². The minimum atomic E-state index is -5.04. The number of phosphoric ester groups is 1. The van der Waals surface area contributed by atoms with Crippen LogP contribution < -0.4 is 0 Å². The molecule has 0 saturated heterocycles. The summed E-state index contributed by atoms with van der Waals surface area (Å²) in [5, 5.41) is 50.4. The number of phosphoric acid groups is 1. The number of aliphatic hydroxyl groups is 5. The second-order valence-corrected chi connectivity index (χ2v) is 19.7. The van der Waals surface area contributed by atoms with Crippen molar-refractivity contribution in [2.75, 3.05) is 19.8 Å². The van der Waals surface area contributed by atoms with Crippen LogP contribution in [-0.4, -0.2) is 98.9 Å². The van der Waals surface area contributed by atoms with E-state index in [1.54, 1.807) is 0 Å². The lowest BCUT2D eigenvalue weighted by atomic mass is 9.85. The van der Waals surface area contributed by atoms with Crippen LogP contribution in [0, 0.1) is 0 Å². The van der Waals surface area contributed by atoms with E-state index in [9.17, 15) is 39.8 Å². The summed E-state index contributed by atoms with van der Waals surface area (Å²) in [4.78, 5) is 23.3. The average Bonchev–Trinajstić information content (AvgIpc) is 3.35. The van der Waals surface area contributed by atoms with Gasteiger partial charge in [0.25, 0.3) is 0 Å². The molecule has 0 bridgehead atoms. The lowest BCUT2D eigenvalue weighted by Gasteiger charge is -2.41. The fraction of sp³-hybridized carbons (Fsp3) is 0.702. The quantitative estimate of drug-likeness (QED) is 0.0147. The van der Waals surface area contributed by atoms with Gasteiger partial charge in [-0.05, 0) is 96.3 Å². The van der Waals surface area contributed by atoms with Crippen molar-refractivity contribution in [2.45, 2.75) is 236 Å². The Hall–Kier alpha value is -2.74. The molecule has 0 radical (unpaired) electrons. The van der Waals surface area contributed by atoms with Gasteiger partial charge in [0, 0.05) is 13.0 Å². The van der Waals surface area contributed by atoms with Gasteiger partial charge in [0.15, 0.2) is 0 Å². The Bertz CT molecular complexity index is 1520. The van der Waals surface area contributed by atoms with E-state index in [0.29, 0.717) is 13.0 Å². The van der Waals surface area contributed by atoms with Crippen LogP contribution in [0.15, 0.2) is 97.2 Å². The van der Waals surface area contributed by atoms with Crippen molar-refractivity contribution in [1.82, 2.24) is 0 Å². The van der Waals surface area contributed by atoms with Crippen LogP contribution in [-0.2, 0) is 27.9 Å². The van der Waals surface area contributed by atoms with Gasteiger partial charge in [-0.1, -0.05) is 188 Å². The SMILES string of the molecule is CC/C=C\C/C=C\C/C=C\C/C=C\C/C=C\C/C=C\CCCCCCCOCC(COP(=O)(O)OC1C(O)C(O)C(O)C(O)C1O)OC(=O)CCCCCCCCCCC/C=C\C/C=C\CCCCC. The number of carbonyl (C=O) groups is 1. The first kappa shape index (κ1) is 65.3. The van der Waals surface area contributed by atoms with Crippen LogP contribution >= 0.6 is 7.82 Å². The number of esters is 1. The third-order valence-corrected chi connectivity index (χ3v) is 12.9. The first-order chi connectivity index (χ1) is 34.0. The molecule has 1 fully saturated rings. The van der Waals surface area contributed by atoms with Crippen LogP contribution in [0.4, 0.5) is 0 Å². The van der Waals surface area contributed by atoms with E-state index < -0.39 is 63.1 Å². The van der Waals surface area contributed by atoms with Gasteiger partial charge in [-0.25, -0.2) is 4.57 Å². The van der Waals surface area contributed by atoms with Crippen molar-refractivity contribution < 1.29 is 58.3 Å². The van der Waals surface area contributed by atoms with E-state index in [0.717, 1.165) is 109 Å². The topological polar surface area (TPSA) is 192 Å². The van der Waals surface area contributed by atoms with Crippen molar-refractivity contribution in [3.63, 3.8) is 0 Å². The maximum Gasteiger partial charge on any atom is 0.472 e. The van der Waals surface area contributed by atoms with Gasteiger partial charge in [0.1, 0.15) is 42.7 Å². The standard InChI is InChI=1S/C57H97O12P/c1-3-5-7-9-11-13-15-17-19-21-23-24-25-26-27-29-31-33-35-37-39-41-43-45-47-66-48-50(49-67-70(64,65)69-57-55(62)53(60)52(59)54(61)56(57)63)68-51(58)46-44-42-40-38-36-34-32-30-28-22-20-18-16-14-12-10-8-6-4-2/h5,7,11-14,17-20,23-24,26-27,31,33,50,52-57,59-63H,3-4,6,8-10,15-16,21-22,25,28-30,32,34-49H2,1-2H3,(H,64,65)/b7-5-,13-11-,14-12-,19-17-,20-18-,24-23-,27-26-,33-31-. The molecule has 70 heavy (non-hydrogen) atoms. The normalized spacial score (nSPS) is 21.7. The summed E-state index contributed by atoms with van der Waals surface area (Å²) in [6.07, 6.45) is 51.8. The summed E-state index contributed by atoms with van der Waals surface area (Å²) in [5.74, 6) is -0.492. The predicted molar refractivity (Wildman–Crippen MR) is 285 cm³/mol. The molecule has 1 rings (SSSR count). The molecule has 0 aliphatic heterocycles. The fourth-order valence-electron chi connectivity index (χ4n) is 7.68. The van der Waals surface area contributed by atoms with E-state index in [1.165, 1.54) is 57.8 Å². The highest BCUT2D eigenvalue weighted by Crippen LogP contribution is 2.47. The van der Waals surface area contributed by atoms with E-state index in [-0.39, 0.29) is 13.0 Å². The Labute approximate surface area is 424 Å². The largest absolute Gasteiger partial charge is 0.472 e. The van der Waals surface area contributed by atoms with Crippen molar-refractivity contribution in [2.24, 2.45) is 0 Å². The van der Waals surface area contributed by atoms with Crippen LogP contribution in [0.3, 0.4) is 0 Å². The number of allylic oxidation sites excluding steroid dienone is 16. The van der Waals surface area contributed by atoms with E-state index in [2.05, 4.69) is 111 Å². The second-order valence-electron chi connectivity index (χ2n) is 18.3. The van der Waals surface area contributed by atoms with Gasteiger partial charge in [-0.3, -0.25) is 13.8 Å². The Morgan fingerprint density at radius 3 is 1.29 bits per heavy atom. The van der Waals surface area contributed by atoms with Crippen molar-refractivity contribution >= 4 is 13.8 Å². The summed E-state index contributed by atoms with van der Waals surface area (Å²) >= 11 is 0. The Morgan fingerprint density at radius 2 is 0.843 bits per heavy atom. The molecule has 13 heteroatoms. The Morgan fingerprint density at radius 1 is 0.471 bits per heavy atom. The first-order valence-electron chi connectivity index (χ1n) is 27.1.